The van der Waals surface area contributed by atoms with Crippen LogP contribution < -0.4 is 0 Å². The highest BCUT2D eigenvalue weighted by molar-refractivity contribution is 5.74. The topological polar surface area (TPSA) is 175 Å². The molecule has 12 heteroatoms. The molecular weight excluding hydrogens is 1020 g/mol. The van der Waals surface area contributed by atoms with Gasteiger partial charge in [-0.1, -0.05) is 273 Å². The number of allylic oxidation sites excluding steroid dienone is 11. The SMILES string of the molecule is CC/C=C\C/C=C\C/C=C\C/C=C\C/C=C\CC(=O)OC(COC(=O)CCCCCCCCCCC/C=C\CCCCCCCC)COC1OC(C(=O)O)C(O)C(O)C1OC(=O)CCCCCCCCCCCCCCCCCCC. The number of carbonyl (C=O) groups excluding carboxylic acids is 3. The minimum absolute atomic E-state index is 0.0523. The summed E-state index contributed by atoms with van der Waals surface area (Å²) in [6.07, 6.45) is 60.4. The summed E-state index contributed by atoms with van der Waals surface area (Å²) in [5.74, 6) is -3.27. The fourth-order valence-electron chi connectivity index (χ4n) is 9.79. The number of ether oxygens (including phenoxy) is 5. The maximum absolute atomic E-state index is 13.1. The maximum atomic E-state index is 13.1. The van der Waals surface area contributed by atoms with E-state index in [0.717, 1.165) is 70.6 Å². The first kappa shape index (κ1) is 75.2. The maximum Gasteiger partial charge on any atom is 0.335 e. The number of unbranched alkanes of at least 4 members (excludes halogenated alkanes) is 31. The highest BCUT2D eigenvalue weighted by Gasteiger charge is 2.50. The zero-order valence-corrected chi connectivity index (χ0v) is 51.5. The number of esters is 3. The van der Waals surface area contributed by atoms with Crippen molar-refractivity contribution in [2.75, 3.05) is 13.2 Å². The van der Waals surface area contributed by atoms with Crippen molar-refractivity contribution in [3.63, 3.8) is 0 Å². The lowest BCUT2D eigenvalue weighted by Crippen LogP contribution is -2.61. The van der Waals surface area contributed by atoms with Crippen molar-refractivity contribution in [1.82, 2.24) is 0 Å². The first-order valence-corrected chi connectivity index (χ1v) is 32.9. The van der Waals surface area contributed by atoms with E-state index in [4.69, 9.17) is 23.7 Å². The van der Waals surface area contributed by atoms with Gasteiger partial charge in [0.05, 0.1) is 13.0 Å². The predicted octanol–water partition coefficient (Wildman–Crippen LogP) is 17.7. The fraction of sp³-hybridized carbons (Fsp3) is 0.768. The average Bonchev–Trinajstić information content (AvgIpc) is 3.53. The minimum Gasteiger partial charge on any atom is -0.479 e. The molecule has 12 nitrogen and oxygen atoms in total. The second-order valence-electron chi connectivity index (χ2n) is 22.4. The molecule has 0 aliphatic carbocycles. The van der Waals surface area contributed by atoms with Crippen LogP contribution in [0.1, 0.15) is 290 Å². The van der Waals surface area contributed by atoms with Gasteiger partial charge in [0.1, 0.15) is 18.8 Å². The van der Waals surface area contributed by atoms with Gasteiger partial charge in [0.25, 0.3) is 0 Å². The van der Waals surface area contributed by atoms with Crippen LogP contribution >= 0.6 is 0 Å². The van der Waals surface area contributed by atoms with Gasteiger partial charge in [-0.15, -0.1) is 0 Å². The van der Waals surface area contributed by atoms with Gasteiger partial charge in [-0.2, -0.15) is 0 Å². The Bertz CT molecular complexity index is 1680. The summed E-state index contributed by atoms with van der Waals surface area (Å²) in [7, 11) is 0. The monoisotopic (exact) mass is 1140 g/mol. The normalized spacial score (nSPS) is 18.2. The molecule has 6 atom stereocenters. The third-order valence-corrected chi connectivity index (χ3v) is 14.8. The Morgan fingerprint density at radius 2 is 0.815 bits per heavy atom. The molecule has 1 aliphatic heterocycles. The Morgan fingerprint density at radius 1 is 0.432 bits per heavy atom. The summed E-state index contributed by atoms with van der Waals surface area (Å²) in [5, 5.41) is 31.6. The third-order valence-electron chi connectivity index (χ3n) is 14.8. The van der Waals surface area contributed by atoms with E-state index in [-0.39, 0.29) is 25.9 Å². The fourth-order valence-corrected chi connectivity index (χ4v) is 9.79. The van der Waals surface area contributed by atoms with E-state index < -0.39 is 67.3 Å². The van der Waals surface area contributed by atoms with Crippen molar-refractivity contribution in [2.24, 2.45) is 0 Å². The molecule has 1 heterocycles. The van der Waals surface area contributed by atoms with Crippen molar-refractivity contribution < 1.29 is 58.2 Å². The zero-order chi connectivity index (χ0) is 58.9. The van der Waals surface area contributed by atoms with Crippen LogP contribution in [0.3, 0.4) is 0 Å². The molecule has 0 aromatic heterocycles. The molecule has 466 valence electrons. The Hall–Kier alpha value is -3.84. The van der Waals surface area contributed by atoms with Gasteiger partial charge in [0.2, 0.25) is 0 Å². The number of hydrogen-bond donors (Lipinski definition) is 3. The highest BCUT2D eigenvalue weighted by atomic mass is 16.7. The van der Waals surface area contributed by atoms with E-state index in [2.05, 4.69) is 75.5 Å². The molecule has 0 amide bonds. The molecule has 6 unspecified atom stereocenters. The van der Waals surface area contributed by atoms with E-state index in [1.807, 2.05) is 12.2 Å². The molecule has 81 heavy (non-hydrogen) atoms. The van der Waals surface area contributed by atoms with E-state index in [1.54, 1.807) is 6.08 Å². The molecule has 1 rings (SSSR count). The molecule has 0 radical (unpaired) electrons. The third kappa shape index (κ3) is 46.3. The van der Waals surface area contributed by atoms with Crippen molar-refractivity contribution in [2.45, 2.75) is 327 Å². The predicted molar refractivity (Wildman–Crippen MR) is 331 cm³/mol. The number of carbonyl (C=O) groups is 4. The second-order valence-corrected chi connectivity index (χ2v) is 22.4. The number of aliphatic hydroxyl groups excluding tert-OH is 2. The molecule has 3 N–H and O–H groups in total. The minimum atomic E-state index is -1.92. The summed E-state index contributed by atoms with van der Waals surface area (Å²) in [6, 6.07) is 0. The summed E-state index contributed by atoms with van der Waals surface area (Å²) >= 11 is 0. The van der Waals surface area contributed by atoms with Gasteiger partial charge in [0.15, 0.2) is 24.6 Å². The van der Waals surface area contributed by atoms with Crippen LogP contribution in [0.25, 0.3) is 0 Å². The number of carboxylic acid groups (broad SMARTS) is 1. The molecule has 1 saturated heterocycles. The Labute approximate surface area is 493 Å². The number of carboxylic acids is 1. The first-order chi connectivity index (χ1) is 39.6. The zero-order valence-electron chi connectivity index (χ0n) is 51.5. The van der Waals surface area contributed by atoms with Crippen LogP contribution in [0.4, 0.5) is 0 Å². The van der Waals surface area contributed by atoms with E-state index >= 15 is 0 Å². The van der Waals surface area contributed by atoms with Crippen LogP contribution in [0.5, 0.6) is 0 Å². The Morgan fingerprint density at radius 3 is 1.23 bits per heavy atom. The van der Waals surface area contributed by atoms with Gasteiger partial charge < -0.3 is 39.0 Å². The summed E-state index contributed by atoms with van der Waals surface area (Å²) < 4.78 is 28.4. The molecule has 0 saturated carbocycles. The summed E-state index contributed by atoms with van der Waals surface area (Å²) in [4.78, 5) is 51.3. The quantitative estimate of drug-likeness (QED) is 0.0228. The van der Waals surface area contributed by atoms with Crippen LogP contribution in [0, 0.1) is 0 Å². The van der Waals surface area contributed by atoms with Gasteiger partial charge in [-0.05, 0) is 70.6 Å². The van der Waals surface area contributed by atoms with Crippen LogP contribution in [-0.2, 0) is 42.9 Å². The van der Waals surface area contributed by atoms with Crippen LogP contribution in [-0.4, -0.2) is 89.2 Å². The highest BCUT2D eigenvalue weighted by Crippen LogP contribution is 2.27. The summed E-state index contributed by atoms with van der Waals surface area (Å²) in [5.41, 5.74) is 0. The average molecular weight is 1140 g/mol. The van der Waals surface area contributed by atoms with Gasteiger partial charge in [-0.25, -0.2) is 4.79 Å². The molecule has 0 aromatic rings. The smallest absolute Gasteiger partial charge is 0.335 e. The largest absolute Gasteiger partial charge is 0.479 e. The molecule has 0 spiro atoms. The second kappa shape index (κ2) is 56.6. The standard InChI is InChI=1S/C69H118O12/c1-4-7-10-13-16-19-22-25-28-30-31-33-35-37-40-43-46-49-52-55-61(70)77-58-60(79-62(71)56-53-50-47-44-41-38-34-27-24-21-18-15-12-9-6-3)59-78-69-67(65(74)64(73)66(81-69)68(75)76)80-63(72)57-54-51-48-45-42-39-36-32-29-26-23-20-17-14-11-8-5-2/h9,12,18,21,25,27-28,34,41,44,50,53,60,64-67,69,73-74H,4-8,10-11,13-17,19-20,22-24,26,29-33,35-40,42-43,45-49,51-52,54-59H2,1-3H3,(H,75,76)/b12-9-,21-18-,28-25-,34-27-,44-41-,53-50-. The summed E-state index contributed by atoms with van der Waals surface area (Å²) in [6.45, 7) is 5.83. The van der Waals surface area contributed by atoms with Gasteiger partial charge in [-0.3, -0.25) is 14.4 Å². The Kier molecular flexibility index (Phi) is 52.6. The van der Waals surface area contributed by atoms with Gasteiger partial charge >= 0.3 is 23.9 Å². The van der Waals surface area contributed by atoms with Crippen LogP contribution in [0.2, 0.25) is 0 Å². The number of aliphatic carboxylic acids is 1. The van der Waals surface area contributed by atoms with E-state index in [1.165, 1.54) is 161 Å². The van der Waals surface area contributed by atoms with Crippen molar-refractivity contribution >= 4 is 23.9 Å². The van der Waals surface area contributed by atoms with Crippen molar-refractivity contribution in [1.29, 1.82) is 0 Å². The molecule has 1 aliphatic rings. The number of aliphatic hydroxyl groups is 2. The van der Waals surface area contributed by atoms with Crippen LogP contribution in [0.15, 0.2) is 72.9 Å². The number of hydrogen-bond acceptors (Lipinski definition) is 11. The number of rotatable bonds is 56. The lowest BCUT2D eigenvalue weighted by Gasteiger charge is -2.40. The van der Waals surface area contributed by atoms with Crippen molar-refractivity contribution in [3.05, 3.63) is 72.9 Å². The lowest BCUT2D eigenvalue weighted by atomic mass is 9.98. The van der Waals surface area contributed by atoms with E-state index in [9.17, 15) is 34.5 Å². The van der Waals surface area contributed by atoms with Crippen molar-refractivity contribution in [3.8, 4) is 0 Å². The Balaban J connectivity index is 2.68. The molecule has 0 aromatic carbocycles. The molecular formula is C69H118O12. The van der Waals surface area contributed by atoms with E-state index in [0.29, 0.717) is 19.3 Å². The lowest BCUT2D eigenvalue weighted by molar-refractivity contribution is -0.301. The van der Waals surface area contributed by atoms with Gasteiger partial charge in [0, 0.05) is 12.8 Å². The first-order valence-electron chi connectivity index (χ1n) is 32.9. The molecule has 1 fully saturated rings. The molecule has 0 bridgehead atoms.